The molecule has 1 amide bonds. The van der Waals surface area contributed by atoms with Gasteiger partial charge in [0.1, 0.15) is 6.61 Å². The Morgan fingerprint density at radius 1 is 1.00 bits per heavy atom. The van der Waals surface area contributed by atoms with E-state index in [2.05, 4.69) is 39.8 Å². The first-order valence-electron chi connectivity index (χ1n) is 9.99. The Labute approximate surface area is 174 Å². The second kappa shape index (κ2) is 7.87. The third-order valence-corrected chi connectivity index (χ3v) is 5.52. The van der Waals surface area contributed by atoms with Gasteiger partial charge >= 0.3 is 6.09 Å². The van der Waals surface area contributed by atoms with Gasteiger partial charge in [-0.15, -0.1) is 0 Å². The van der Waals surface area contributed by atoms with Gasteiger partial charge in [0.05, 0.1) is 11.7 Å². The molecule has 1 aliphatic carbocycles. The van der Waals surface area contributed by atoms with Gasteiger partial charge in [-0.1, -0.05) is 72.8 Å². The van der Waals surface area contributed by atoms with Gasteiger partial charge in [0.25, 0.3) is 0 Å². The summed E-state index contributed by atoms with van der Waals surface area (Å²) in [6.07, 6.45) is 5.27. The molecule has 0 atom stereocenters. The Morgan fingerprint density at radius 3 is 2.50 bits per heavy atom. The number of aromatic nitrogens is 2. The molecule has 0 saturated heterocycles. The third-order valence-electron chi connectivity index (χ3n) is 5.52. The number of alkyl carbamates (subject to hydrolysis) is 1. The summed E-state index contributed by atoms with van der Waals surface area (Å²) in [7, 11) is 0. The Hall–Kier alpha value is -3.86. The van der Waals surface area contributed by atoms with Crippen LogP contribution in [0.2, 0.25) is 0 Å². The van der Waals surface area contributed by atoms with E-state index in [1.54, 1.807) is 6.20 Å². The average Bonchev–Trinajstić information content (AvgIpc) is 3.39. The molecule has 1 heterocycles. The molecule has 3 aromatic carbocycles. The number of aromatic amines is 1. The second-order valence-corrected chi connectivity index (χ2v) is 7.29. The molecule has 0 saturated carbocycles. The number of carbonyl (C=O) groups excluding carboxylic acids is 1. The summed E-state index contributed by atoms with van der Waals surface area (Å²) in [6, 6.07) is 22.6. The Kier molecular flexibility index (Phi) is 4.77. The fourth-order valence-electron chi connectivity index (χ4n) is 4.11. The Morgan fingerprint density at radius 2 is 1.73 bits per heavy atom. The summed E-state index contributed by atoms with van der Waals surface area (Å²) in [6.45, 7) is 0.711. The second-order valence-electron chi connectivity index (χ2n) is 7.29. The zero-order valence-corrected chi connectivity index (χ0v) is 16.3. The summed E-state index contributed by atoms with van der Waals surface area (Å²) < 4.78 is 5.55. The minimum Gasteiger partial charge on any atom is -0.449 e. The molecule has 1 aromatic heterocycles. The smallest absolute Gasteiger partial charge is 0.407 e. The largest absolute Gasteiger partial charge is 0.449 e. The molecule has 0 radical (unpaired) electrons. The van der Waals surface area contributed by atoms with Gasteiger partial charge in [-0.05, 0) is 33.9 Å². The lowest BCUT2D eigenvalue weighted by molar-refractivity contribution is 0.144. The number of carbonyl (C=O) groups is 1. The topological polar surface area (TPSA) is 67.0 Å². The summed E-state index contributed by atoms with van der Waals surface area (Å²) >= 11 is 0. The lowest BCUT2D eigenvalue weighted by atomic mass is 9.98. The molecular formula is C25H21N3O2. The Balaban J connectivity index is 1.20. The summed E-state index contributed by atoms with van der Waals surface area (Å²) in [4.78, 5) is 12.2. The van der Waals surface area contributed by atoms with Crippen molar-refractivity contribution in [1.29, 1.82) is 0 Å². The molecular weight excluding hydrogens is 374 g/mol. The summed E-state index contributed by atoms with van der Waals surface area (Å²) in [5.41, 5.74) is 6.90. The minimum absolute atomic E-state index is 0.0670. The number of benzene rings is 3. The van der Waals surface area contributed by atoms with Crippen LogP contribution in [0.3, 0.4) is 0 Å². The van der Waals surface area contributed by atoms with Crippen molar-refractivity contribution in [3.05, 3.63) is 95.7 Å². The highest BCUT2D eigenvalue weighted by Gasteiger charge is 2.28. The highest BCUT2D eigenvalue weighted by atomic mass is 16.5. The van der Waals surface area contributed by atoms with E-state index in [1.807, 2.05) is 54.6 Å². The molecule has 30 heavy (non-hydrogen) atoms. The predicted octanol–water partition coefficient (Wildman–Crippen LogP) is 5.11. The molecule has 0 unspecified atom stereocenters. The van der Waals surface area contributed by atoms with E-state index < -0.39 is 6.09 Å². The van der Waals surface area contributed by atoms with E-state index >= 15 is 0 Å². The third kappa shape index (κ3) is 3.35. The van der Waals surface area contributed by atoms with Gasteiger partial charge in [0.2, 0.25) is 0 Å². The fourth-order valence-corrected chi connectivity index (χ4v) is 4.11. The summed E-state index contributed by atoms with van der Waals surface area (Å²) in [5, 5.41) is 10.9. The van der Waals surface area contributed by atoms with E-state index in [4.69, 9.17) is 4.74 Å². The first-order valence-corrected chi connectivity index (χ1v) is 9.99. The van der Waals surface area contributed by atoms with E-state index in [0.717, 1.165) is 16.5 Å². The average molecular weight is 395 g/mol. The van der Waals surface area contributed by atoms with Crippen LogP contribution in [0.1, 0.15) is 22.6 Å². The molecule has 0 aliphatic heterocycles. The van der Waals surface area contributed by atoms with Crippen molar-refractivity contribution < 1.29 is 9.53 Å². The van der Waals surface area contributed by atoms with E-state index in [0.29, 0.717) is 13.2 Å². The van der Waals surface area contributed by atoms with E-state index in [-0.39, 0.29) is 5.92 Å². The van der Waals surface area contributed by atoms with Crippen molar-refractivity contribution in [2.24, 2.45) is 0 Å². The van der Waals surface area contributed by atoms with Crippen molar-refractivity contribution in [3.8, 4) is 11.1 Å². The van der Waals surface area contributed by atoms with Gasteiger partial charge in [0, 0.05) is 17.8 Å². The zero-order valence-electron chi connectivity index (χ0n) is 16.3. The molecule has 2 N–H and O–H groups in total. The van der Waals surface area contributed by atoms with Crippen molar-refractivity contribution in [1.82, 2.24) is 15.5 Å². The molecule has 0 fully saturated rings. The monoisotopic (exact) mass is 395 g/mol. The number of fused-ring (bicyclic) bond motifs is 4. The first kappa shape index (κ1) is 18.2. The minimum atomic E-state index is -0.414. The van der Waals surface area contributed by atoms with Crippen LogP contribution in [0.5, 0.6) is 0 Å². The number of nitrogens with zero attached hydrogens (tertiary/aromatic N) is 1. The van der Waals surface area contributed by atoms with Crippen molar-refractivity contribution in [3.63, 3.8) is 0 Å². The molecule has 1 aliphatic rings. The number of hydrogen-bond acceptors (Lipinski definition) is 3. The number of hydrogen-bond donors (Lipinski definition) is 2. The van der Waals surface area contributed by atoms with Gasteiger partial charge in [-0.25, -0.2) is 4.79 Å². The maximum absolute atomic E-state index is 12.2. The van der Waals surface area contributed by atoms with Crippen LogP contribution in [-0.4, -0.2) is 29.4 Å². The van der Waals surface area contributed by atoms with Gasteiger partial charge in [-0.2, -0.15) is 5.10 Å². The SMILES string of the molecule is O=C(NCC=Cc1cccc2[nH]ncc12)OCC1c2ccccc2-c2ccccc21. The lowest BCUT2D eigenvalue weighted by Crippen LogP contribution is -2.26. The molecule has 0 spiro atoms. The van der Waals surface area contributed by atoms with Crippen LogP contribution < -0.4 is 5.32 Å². The van der Waals surface area contributed by atoms with Gasteiger partial charge < -0.3 is 10.1 Å². The molecule has 148 valence electrons. The maximum Gasteiger partial charge on any atom is 0.407 e. The highest BCUT2D eigenvalue weighted by Crippen LogP contribution is 2.44. The molecule has 0 bridgehead atoms. The van der Waals surface area contributed by atoms with Crippen molar-refractivity contribution >= 4 is 23.1 Å². The number of rotatable bonds is 5. The van der Waals surface area contributed by atoms with Crippen LogP contribution in [0.15, 0.2) is 79.0 Å². The molecule has 5 nitrogen and oxygen atoms in total. The lowest BCUT2D eigenvalue weighted by Gasteiger charge is -2.14. The number of ether oxygens (including phenoxy) is 1. The zero-order chi connectivity index (χ0) is 20.3. The van der Waals surface area contributed by atoms with Crippen LogP contribution in [-0.2, 0) is 4.74 Å². The van der Waals surface area contributed by atoms with E-state index in [9.17, 15) is 4.79 Å². The highest BCUT2D eigenvalue weighted by molar-refractivity contribution is 5.87. The molecule has 5 heteroatoms. The standard InChI is InChI=1S/C25H21N3O2/c29-25(26-14-6-8-17-7-5-13-24-22(17)15-27-28-24)30-16-23-20-11-3-1-9-18(20)19-10-2-4-12-21(19)23/h1-13,15,23H,14,16H2,(H,26,29)(H,27,28). The van der Waals surface area contributed by atoms with Crippen LogP contribution >= 0.6 is 0 Å². The maximum atomic E-state index is 12.2. The Bertz CT molecular complexity index is 1200. The van der Waals surface area contributed by atoms with Crippen LogP contribution in [0, 0.1) is 0 Å². The fraction of sp³-hybridized carbons (Fsp3) is 0.120. The quantitative estimate of drug-likeness (QED) is 0.493. The predicted molar refractivity (Wildman–Crippen MR) is 118 cm³/mol. The normalized spacial score (nSPS) is 12.8. The number of nitrogens with one attached hydrogen (secondary N) is 2. The van der Waals surface area contributed by atoms with Crippen LogP contribution in [0.4, 0.5) is 4.79 Å². The van der Waals surface area contributed by atoms with Crippen molar-refractivity contribution in [2.45, 2.75) is 5.92 Å². The van der Waals surface area contributed by atoms with Crippen LogP contribution in [0.25, 0.3) is 28.1 Å². The number of H-pyrrole nitrogens is 1. The summed E-state index contributed by atoms with van der Waals surface area (Å²) in [5.74, 6) is 0.0670. The first-order chi connectivity index (χ1) is 14.8. The van der Waals surface area contributed by atoms with Gasteiger partial charge in [-0.3, -0.25) is 5.10 Å². The molecule has 5 rings (SSSR count). The van der Waals surface area contributed by atoms with Crippen molar-refractivity contribution in [2.75, 3.05) is 13.2 Å². The number of amides is 1. The van der Waals surface area contributed by atoms with E-state index in [1.165, 1.54) is 22.3 Å². The van der Waals surface area contributed by atoms with Gasteiger partial charge in [0.15, 0.2) is 0 Å². The molecule has 4 aromatic rings.